The highest BCUT2D eigenvalue weighted by atomic mass is 35.5. The first-order valence-corrected chi connectivity index (χ1v) is 5.26. The van der Waals surface area contributed by atoms with Crippen LogP contribution in [-0.2, 0) is 6.42 Å². The van der Waals surface area contributed by atoms with Gasteiger partial charge in [0.2, 0.25) is 0 Å². The highest BCUT2D eigenvalue weighted by Crippen LogP contribution is 2.34. The van der Waals surface area contributed by atoms with Gasteiger partial charge >= 0.3 is 0 Å². The van der Waals surface area contributed by atoms with Crippen LogP contribution in [0, 0.1) is 0 Å². The topological polar surface area (TPSA) is 38.7 Å². The monoisotopic (exact) mass is 230 g/mol. The molecule has 1 aromatic rings. The second-order valence-electron chi connectivity index (χ2n) is 3.13. The van der Waals surface area contributed by atoms with Crippen LogP contribution in [0.15, 0.2) is 12.1 Å². The van der Waals surface area contributed by atoms with Gasteiger partial charge in [0.05, 0.1) is 14.2 Å². The van der Waals surface area contributed by atoms with E-state index in [1.54, 1.807) is 19.2 Å². The number of methoxy groups -OCH3 is 2. The molecule has 4 heteroatoms. The van der Waals surface area contributed by atoms with Crippen LogP contribution in [0.4, 0.5) is 0 Å². The van der Waals surface area contributed by atoms with Crippen LogP contribution in [0.2, 0.25) is 0 Å². The van der Waals surface area contributed by atoms with Crippen molar-refractivity contribution in [3.05, 3.63) is 17.7 Å². The third kappa shape index (κ3) is 2.93. The molecule has 0 aliphatic carbocycles. The molecular formula is C11H15ClO3. The van der Waals surface area contributed by atoms with Crippen LogP contribution in [0.3, 0.4) is 0 Å². The largest absolute Gasteiger partial charge is 0.504 e. The molecule has 0 fully saturated rings. The lowest BCUT2D eigenvalue weighted by Gasteiger charge is -2.11. The fraction of sp³-hybridized carbons (Fsp3) is 0.455. The van der Waals surface area contributed by atoms with E-state index in [0.717, 1.165) is 18.4 Å². The predicted octanol–water partition coefficient (Wildman–Crippen LogP) is 2.58. The normalized spacial score (nSPS) is 10.1. The van der Waals surface area contributed by atoms with Gasteiger partial charge in [-0.25, -0.2) is 0 Å². The first-order chi connectivity index (χ1) is 7.22. The molecule has 0 saturated heterocycles. The molecule has 1 rings (SSSR count). The number of hydrogen-bond donors (Lipinski definition) is 1. The Morgan fingerprint density at radius 3 is 2.40 bits per heavy atom. The molecule has 3 nitrogen and oxygen atoms in total. The number of benzene rings is 1. The van der Waals surface area contributed by atoms with Crippen LogP contribution in [0.5, 0.6) is 17.2 Å². The summed E-state index contributed by atoms with van der Waals surface area (Å²) in [6.45, 7) is 0. The summed E-state index contributed by atoms with van der Waals surface area (Å²) in [6.07, 6.45) is 1.68. The van der Waals surface area contributed by atoms with E-state index in [-0.39, 0.29) is 5.75 Å². The standard InChI is InChI=1S/C11H15ClO3/c1-14-10-7-9(13)11(15-2)6-8(10)4-3-5-12/h6-7,13H,3-5H2,1-2H3. The number of aromatic hydroxyl groups is 1. The molecule has 15 heavy (non-hydrogen) atoms. The average Bonchev–Trinajstić information content (AvgIpc) is 2.26. The fourth-order valence-electron chi connectivity index (χ4n) is 1.40. The lowest BCUT2D eigenvalue weighted by Crippen LogP contribution is -1.95. The van der Waals surface area contributed by atoms with Crippen LogP contribution in [0.25, 0.3) is 0 Å². The molecule has 0 amide bonds. The smallest absolute Gasteiger partial charge is 0.161 e. The van der Waals surface area contributed by atoms with E-state index >= 15 is 0 Å². The molecule has 0 saturated carbocycles. The summed E-state index contributed by atoms with van der Waals surface area (Å²) in [5.41, 5.74) is 0.993. The van der Waals surface area contributed by atoms with Crippen molar-refractivity contribution in [2.24, 2.45) is 0 Å². The van der Waals surface area contributed by atoms with Crippen molar-refractivity contribution in [3.8, 4) is 17.2 Å². The zero-order valence-electron chi connectivity index (χ0n) is 8.92. The van der Waals surface area contributed by atoms with Gasteiger partial charge in [0.15, 0.2) is 11.5 Å². The van der Waals surface area contributed by atoms with Gasteiger partial charge in [-0.2, -0.15) is 0 Å². The Hall–Kier alpha value is -1.09. The summed E-state index contributed by atoms with van der Waals surface area (Å²) < 4.78 is 10.2. The molecule has 0 aliphatic rings. The van der Waals surface area contributed by atoms with Crippen molar-refractivity contribution in [2.45, 2.75) is 12.8 Å². The quantitative estimate of drug-likeness (QED) is 0.791. The van der Waals surface area contributed by atoms with Gasteiger partial charge in [0, 0.05) is 11.9 Å². The van der Waals surface area contributed by atoms with E-state index in [2.05, 4.69) is 0 Å². The second kappa shape index (κ2) is 5.71. The van der Waals surface area contributed by atoms with Crippen molar-refractivity contribution in [1.29, 1.82) is 0 Å². The number of phenols is 1. The van der Waals surface area contributed by atoms with E-state index in [1.807, 2.05) is 0 Å². The Balaban J connectivity index is 2.99. The second-order valence-corrected chi connectivity index (χ2v) is 3.51. The summed E-state index contributed by atoms with van der Waals surface area (Å²) >= 11 is 5.63. The van der Waals surface area contributed by atoms with Crippen molar-refractivity contribution in [3.63, 3.8) is 0 Å². The minimum absolute atomic E-state index is 0.0870. The summed E-state index contributed by atoms with van der Waals surface area (Å²) in [4.78, 5) is 0. The number of aryl methyl sites for hydroxylation is 1. The average molecular weight is 231 g/mol. The summed E-state index contributed by atoms with van der Waals surface area (Å²) in [7, 11) is 3.10. The molecule has 0 bridgehead atoms. The fourth-order valence-corrected chi connectivity index (χ4v) is 1.53. The Morgan fingerprint density at radius 1 is 1.20 bits per heavy atom. The Labute approximate surface area is 94.6 Å². The SMILES string of the molecule is COc1cc(CCCCl)c(OC)cc1O. The van der Waals surface area contributed by atoms with Crippen molar-refractivity contribution >= 4 is 11.6 Å². The number of halogens is 1. The lowest BCUT2D eigenvalue weighted by atomic mass is 10.1. The zero-order chi connectivity index (χ0) is 11.3. The molecule has 0 heterocycles. The van der Waals surface area contributed by atoms with Gasteiger partial charge in [0.25, 0.3) is 0 Å². The van der Waals surface area contributed by atoms with Crippen LogP contribution in [-0.4, -0.2) is 25.2 Å². The summed E-state index contributed by atoms with van der Waals surface area (Å²) in [6, 6.07) is 3.34. The molecule has 1 N–H and O–H groups in total. The number of phenolic OH excluding ortho intramolecular Hbond substituents is 1. The maximum Gasteiger partial charge on any atom is 0.161 e. The molecule has 84 valence electrons. The van der Waals surface area contributed by atoms with Gasteiger partial charge in [-0.3, -0.25) is 0 Å². The maximum absolute atomic E-state index is 9.54. The summed E-state index contributed by atoms with van der Waals surface area (Å²) in [5, 5.41) is 9.54. The summed E-state index contributed by atoms with van der Waals surface area (Å²) in [5.74, 6) is 1.81. The number of alkyl halides is 1. The Kier molecular flexibility index (Phi) is 4.56. The van der Waals surface area contributed by atoms with Gasteiger partial charge in [-0.15, -0.1) is 11.6 Å². The van der Waals surface area contributed by atoms with Gasteiger partial charge in [-0.05, 0) is 24.5 Å². The van der Waals surface area contributed by atoms with E-state index in [1.165, 1.54) is 7.11 Å². The minimum Gasteiger partial charge on any atom is -0.504 e. The molecule has 0 radical (unpaired) electrons. The molecule has 0 atom stereocenters. The van der Waals surface area contributed by atoms with Crippen molar-refractivity contribution in [1.82, 2.24) is 0 Å². The highest BCUT2D eigenvalue weighted by molar-refractivity contribution is 6.17. The Morgan fingerprint density at radius 2 is 1.87 bits per heavy atom. The Bertz CT molecular complexity index is 326. The van der Waals surface area contributed by atoms with E-state index in [9.17, 15) is 5.11 Å². The highest BCUT2D eigenvalue weighted by Gasteiger charge is 2.09. The van der Waals surface area contributed by atoms with Crippen molar-refractivity contribution in [2.75, 3.05) is 20.1 Å². The molecule has 0 unspecified atom stereocenters. The number of ether oxygens (including phenoxy) is 2. The molecule has 1 aromatic carbocycles. The third-order valence-corrected chi connectivity index (χ3v) is 2.43. The molecule has 0 spiro atoms. The van der Waals surface area contributed by atoms with E-state index in [0.29, 0.717) is 17.4 Å². The zero-order valence-corrected chi connectivity index (χ0v) is 9.67. The van der Waals surface area contributed by atoms with Gasteiger partial charge in [-0.1, -0.05) is 0 Å². The first-order valence-electron chi connectivity index (χ1n) is 4.72. The predicted molar refractivity (Wildman–Crippen MR) is 60.3 cm³/mol. The third-order valence-electron chi connectivity index (χ3n) is 2.16. The van der Waals surface area contributed by atoms with E-state index < -0.39 is 0 Å². The molecular weight excluding hydrogens is 216 g/mol. The lowest BCUT2D eigenvalue weighted by molar-refractivity contribution is 0.363. The minimum atomic E-state index is 0.0870. The number of rotatable bonds is 5. The van der Waals surface area contributed by atoms with Gasteiger partial charge < -0.3 is 14.6 Å². The van der Waals surface area contributed by atoms with E-state index in [4.69, 9.17) is 21.1 Å². The van der Waals surface area contributed by atoms with Crippen molar-refractivity contribution < 1.29 is 14.6 Å². The number of hydrogen-bond acceptors (Lipinski definition) is 3. The molecule has 0 aromatic heterocycles. The maximum atomic E-state index is 9.54. The van der Waals surface area contributed by atoms with Crippen LogP contribution < -0.4 is 9.47 Å². The van der Waals surface area contributed by atoms with Crippen LogP contribution >= 0.6 is 11.6 Å². The van der Waals surface area contributed by atoms with Crippen LogP contribution in [0.1, 0.15) is 12.0 Å². The van der Waals surface area contributed by atoms with Gasteiger partial charge in [0.1, 0.15) is 5.75 Å². The molecule has 0 aliphatic heterocycles. The first kappa shape index (κ1) is 12.0.